The van der Waals surface area contributed by atoms with Crippen LogP contribution < -0.4 is 5.32 Å². The van der Waals surface area contributed by atoms with E-state index in [0.717, 1.165) is 39.0 Å². The third-order valence-electron chi connectivity index (χ3n) is 2.74. The summed E-state index contributed by atoms with van der Waals surface area (Å²) in [6, 6.07) is 0.711. The maximum Gasteiger partial charge on any atom is 0.103 e. The summed E-state index contributed by atoms with van der Waals surface area (Å²) in [6.45, 7) is 4.15. The zero-order valence-corrected chi connectivity index (χ0v) is 7.95. The van der Waals surface area contributed by atoms with Crippen LogP contribution in [0, 0.1) is 0 Å². The lowest BCUT2D eigenvalue weighted by Gasteiger charge is -2.40. The Morgan fingerprint density at radius 2 is 1.75 bits per heavy atom. The van der Waals surface area contributed by atoms with Crippen molar-refractivity contribution in [2.24, 2.45) is 0 Å². The third-order valence-corrected chi connectivity index (χ3v) is 2.74. The molecule has 2 aliphatic rings. The normalized spacial score (nSPS) is 27.8. The summed E-state index contributed by atoms with van der Waals surface area (Å²) in [7, 11) is 0. The molecule has 0 aliphatic carbocycles. The summed E-state index contributed by atoms with van der Waals surface area (Å²) >= 11 is 0. The van der Waals surface area contributed by atoms with Crippen molar-refractivity contribution in [1.82, 2.24) is 10.2 Å². The first-order chi connectivity index (χ1) is 5.36. The minimum absolute atomic E-state index is 0. The Morgan fingerprint density at radius 1 is 1.17 bits per heavy atom. The highest BCUT2D eigenvalue weighted by Crippen LogP contribution is 2.16. The number of alkyl halides is 1. The van der Waals surface area contributed by atoms with E-state index < -0.39 is 6.17 Å². The van der Waals surface area contributed by atoms with Gasteiger partial charge in [0, 0.05) is 32.2 Å². The standard InChI is InChI=1S/C8H15FN2.ClH/c9-7-1-3-11(4-2-7)8-5-10-6-8;/h7-8,10H,1-6H2;1H. The van der Waals surface area contributed by atoms with Gasteiger partial charge in [-0.15, -0.1) is 12.4 Å². The fourth-order valence-electron chi connectivity index (χ4n) is 1.76. The predicted octanol–water partition coefficient (Wildman–Crippen LogP) is 0.814. The van der Waals surface area contributed by atoms with E-state index in [-0.39, 0.29) is 12.4 Å². The van der Waals surface area contributed by atoms with Crippen molar-refractivity contribution in [3.63, 3.8) is 0 Å². The molecule has 2 saturated heterocycles. The van der Waals surface area contributed by atoms with Crippen LogP contribution in [0.5, 0.6) is 0 Å². The van der Waals surface area contributed by atoms with Gasteiger partial charge in [0.2, 0.25) is 0 Å². The van der Waals surface area contributed by atoms with Gasteiger partial charge in [-0.2, -0.15) is 0 Å². The molecule has 0 radical (unpaired) electrons. The molecule has 4 heteroatoms. The van der Waals surface area contributed by atoms with Gasteiger partial charge in [-0.1, -0.05) is 0 Å². The van der Waals surface area contributed by atoms with Gasteiger partial charge in [0.1, 0.15) is 6.17 Å². The summed E-state index contributed by atoms with van der Waals surface area (Å²) in [5.41, 5.74) is 0. The molecule has 0 amide bonds. The zero-order valence-electron chi connectivity index (χ0n) is 7.13. The highest BCUT2D eigenvalue weighted by molar-refractivity contribution is 5.85. The summed E-state index contributed by atoms with van der Waals surface area (Å²) in [4.78, 5) is 2.41. The lowest BCUT2D eigenvalue weighted by molar-refractivity contribution is 0.0847. The molecule has 0 aromatic rings. The van der Waals surface area contributed by atoms with Crippen LogP contribution in [-0.2, 0) is 0 Å². The highest BCUT2D eigenvalue weighted by Gasteiger charge is 2.28. The van der Waals surface area contributed by atoms with Crippen molar-refractivity contribution in [2.75, 3.05) is 26.2 Å². The minimum Gasteiger partial charge on any atom is -0.314 e. The van der Waals surface area contributed by atoms with E-state index in [2.05, 4.69) is 10.2 Å². The van der Waals surface area contributed by atoms with Crippen molar-refractivity contribution < 1.29 is 4.39 Å². The van der Waals surface area contributed by atoms with Gasteiger partial charge < -0.3 is 5.32 Å². The van der Waals surface area contributed by atoms with Crippen LogP contribution >= 0.6 is 12.4 Å². The first-order valence-electron chi connectivity index (χ1n) is 4.45. The Bertz CT molecular complexity index is 133. The van der Waals surface area contributed by atoms with E-state index in [0.29, 0.717) is 6.04 Å². The van der Waals surface area contributed by atoms with Gasteiger partial charge in [0.15, 0.2) is 0 Å². The Labute approximate surface area is 78.9 Å². The van der Waals surface area contributed by atoms with E-state index in [1.54, 1.807) is 0 Å². The van der Waals surface area contributed by atoms with Crippen LogP contribution in [-0.4, -0.2) is 43.3 Å². The summed E-state index contributed by atoms with van der Waals surface area (Å²) in [5, 5.41) is 3.23. The highest BCUT2D eigenvalue weighted by atomic mass is 35.5. The predicted molar refractivity (Wildman–Crippen MR) is 49.6 cm³/mol. The first kappa shape index (κ1) is 10.2. The molecule has 12 heavy (non-hydrogen) atoms. The van der Waals surface area contributed by atoms with Crippen LogP contribution in [0.3, 0.4) is 0 Å². The van der Waals surface area contributed by atoms with Crippen LogP contribution in [0.15, 0.2) is 0 Å². The molecular formula is C8H16ClFN2. The second-order valence-corrected chi connectivity index (χ2v) is 3.52. The van der Waals surface area contributed by atoms with Crippen LogP contribution in [0.4, 0.5) is 4.39 Å². The smallest absolute Gasteiger partial charge is 0.103 e. The molecule has 72 valence electrons. The molecule has 0 saturated carbocycles. The SMILES string of the molecule is Cl.FC1CCN(C2CNC2)CC1. The largest absolute Gasteiger partial charge is 0.314 e. The van der Waals surface area contributed by atoms with Crippen molar-refractivity contribution >= 4 is 12.4 Å². The van der Waals surface area contributed by atoms with Crippen LogP contribution in [0.2, 0.25) is 0 Å². The Kier molecular flexibility index (Phi) is 3.75. The fourth-order valence-corrected chi connectivity index (χ4v) is 1.76. The van der Waals surface area contributed by atoms with E-state index >= 15 is 0 Å². The van der Waals surface area contributed by atoms with Gasteiger partial charge in [-0.05, 0) is 12.8 Å². The van der Waals surface area contributed by atoms with Crippen LogP contribution in [0.25, 0.3) is 0 Å². The number of likely N-dealkylation sites (tertiary alicyclic amines) is 1. The molecule has 0 spiro atoms. The van der Waals surface area contributed by atoms with Crippen molar-refractivity contribution in [3.05, 3.63) is 0 Å². The Morgan fingerprint density at radius 3 is 2.17 bits per heavy atom. The van der Waals surface area contributed by atoms with Crippen molar-refractivity contribution in [3.8, 4) is 0 Å². The molecule has 2 aliphatic heterocycles. The summed E-state index contributed by atoms with van der Waals surface area (Å²) in [6.07, 6.45) is 0.965. The molecule has 0 aromatic heterocycles. The molecule has 2 heterocycles. The number of hydrogen-bond acceptors (Lipinski definition) is 2. The van der Waals surface area contributed by atoms with Gasteiger partial charge in [-0.25, -0.2) is 4.39 Å². The summed E-state index contributed by atoms with van der Waals surface area (Å²) < 4.78 is 12.7. The van der Waals surface area contributed by atoms with E-state index in [9.17, 15) is 4.39 Å². The van der Waals surface area contributed by atoms with E-state index in [1.807, 2.05) is 0 Å². The third kappa shape index (κ3) is 2.09. The second-order valence-electron chi connectivity index (χ2n) is 3.52. The van der Waals surface area contributed by atoms with E-state index in [4.69, 9.17) is 0 Å². The molecule has 0 atom stereocenters. The zero-order chi connectivity index (χ0) is 7.68. The van der Waals surface area contributed by atoms with Gasteiger partial charge in [0.25, 0.3) is 0 Å². The average molecular weight is 195 g/mol. The first-order valence-corrected chi connectivity index (χ1v) is 4.45. The Balaban J connectivity index is 0.000000720. The number of hydrogen-bond donors (Lipinski definition) is 1. The molecule has 0 unspecified atom stereocenters. The molecule has 2 fully saturated rings. The van der Waals surface area contributed by atoms with Crippen molar-refractivity contribution in [2.45, 2.75) is 25.1 Å². The maximum atomic E-state index is 12.7. The number of halogens is 2. The quantitative estimate of drug-likeness (QED) is 0.665. The molecular weight excluding hydrogens is 179 g/mol. The molecule has 1 N–H and O–H groups in total. The lowest BCUT2D eigenvalue weighted by Crippen LogP contribution is -2.58. The molecule has 2 nitrogen and oxygen atoms in total. The summed E-state index contributed by atoms with van der Waals surface area (Å²) in [5.74, 6) is 0. The molecule has 0 aromatic carbocycles. The van der Waals surface area contributed by atoms with Gasteiger partial charge >= 0.3 is 0 Å². The number of nitrogens with zero attached hydrogens (tertiary/aromatic N) is 1. The fraction of sp³-hybridized carbons (Fsp3) is 1.00. The van der Waals surface area contributed by atoms with Gasteiger partial charge in [-0.3, -0.25) is 4.90 Å². The minimum atomic E-state index is -0.528. The molecule has 0 bridgehead atoms. The monoisotopic (exact) mass is 194 g/mol. The number of rotatable bonds is 1. The number of piperidine rings is 1. The maximum absolute atomic E-state index is 12.7. The second kappa shape index (κ2) is 4.40. The lowest BCUT2D eigenvalue weighted by atomic mass is 10.0. The van der Waals surface area contributed by atoms with Crippen molar-refractivity contribution in [1.29, 1.82) is 0 Å². The van der Waals surface area contributed by atoms with Gasteiger partial charge in [0.05, 0.1) is 0 Å². The Hall–Kier alpha value is 0.140. The van der Waals surface area contributed by atoms with E-state index in [1.165, 1.54) is 0 Å². The average Bonchev–Trinajstić information content (AvgIpc) is 1.90. The molecule has 2 rings (SSSR count). The topological polar surface area (TPSA) is 15.3 Å². The van der Waals surface area contributed by atoms with Crippen LogP contribution in [0.1, 0.15) is 12.8 Å². The number of nitrogens with one attached hydrogen (secondary N) is 1.